The Labute approximate surface area is 75.4 Å². The maximum absolute atomic E-state index is 8.90. The summed E-state index contributed by atoms with van der Waals surface area (Å²) in [5.74, 6) is 0. The van der Waals surface area contributed by atoms with Crippen molar-refractivity contribution >= 4 is 0 Å². The first kappa shape index (κ1) is 11.0. The molecule has 0 spiro atoms. The van der Waals surface area contributed by atoms with E-state index in [0.29, 0.717) is 0 Å². The molecule has 0 N–H and O–H groups in total. The van der Waals surface area contributed by atoms with Crippen LogP contribution < -0.4 is 0 Å². The van der Waals surface area contributed by atoms with E-state index in [1.807, 2.05) is 39.8 Å². The second-order valence-corrected chi connectivity index (χ2v) is 3.51. The zero-order valence-corrected chi connectivity index (χ0v) is 8.39. The van der Waals surface area contributed by atoms with Gasteiger partial charge in [0.15, 0.2) is 0 Å². The molecule has 0 aromatic heterocycles. The van der Waals surface area contributed by atoms with Gasteiger partial charge in [-0.05, 0) is 34.1 Å². The van der Waals surface area contributed by atoms with Crippen LogP contribution in [0.1, 0.15) is 34.1 Å². The first-order valence-corrected chi connectivity index (χ1v) is 4.22. The lowest BCUT2D eigenvalue weighted by Crippen LogP contribution is -2.08. The van der Waals surface area contributed by atoms with Gasteiger partial charge in [-0.15, -0.1) is 0 Å². The van der Waals surface area contributed by atoms with Crippen molar-refractivity contribution in [3.8, 4) is 6.07 Å². The fraction of sp³-hybridized carbons (Fsp3) is 0.545. The first-order chi connectivity index (χ1) is 5.54. The van der Waals surface area contributed by atoms with Gasteiger partial charge in [0.2, 0.25) is 0 Å². The van der Waals surface area contributed by atoms with Crippen molar-refractivity contribution in [2.45, 2.75) is 34.1 Å². The molecule has 0 heterocycles. The summed E-state index contributed by atoms with van der Waals surface area (Å²) in [5, 5.41) is 8.90. The van der Waals surface area contributed by atoms with E-state index in [9.17, 15) is 0 Å². The van der Waals surface area contributed by atoms with Crippen molar-refractivity contribution in [2.75, 3.05) is 0 Å². The van der Waals surface area contributed by atoms with Crippen molar-refractivity contribution in [1.29, 1.82) is 5.26 Å². The Hall–Kier alpha value is -1.03. The van der Waals surface area contributed by atoms with E-state index in [0.717, 1.165) is 6.42 Å². The Kier molecular flexibility index (Phi) is 4.36. The SMILES string of the molecule is C/C=C\C(C)(C#N)CC=C(C)C. The molecule has 0 fully saturated rings. The van der Waals surface area contributed by atoms with Gasteiger partial charge in [0.25, 0.3) is 0 Å². The molecule has 0 aromatic rings. The normalized spacial score (nSPS) is 15.2. The van der Waals surface area contributed by atoms with Gasteiger partial charge >= 0.3 is 0 Å². The lowest BCUT2D eigenvalue weighted by Gasteiger charge is -2.13. The molecule has 0 aromatic carbocycles. The minimum absolute atomic E-state index is 0.327. The second-order valence-electron chi connectivity index (χ2n) is 3.51. The van der Waals surface area contributed by atoms with E-state index in [2.05, 4.69) is 12.1 Å². The number of nitrogens with zero attached hydrogens (tertiary/aromatic N) is 1. The lowest BCUT2D eigenvalue weighted by atomic mass is 9.87. The van der Waals surface area contributed by atoms with Crippen molar-refractivity contribution in [3.63, 3.8) is 0 Å². The predicted molar refractivity (Wildman–Crippen MR) is 52.6 cm³/mol. The van der Waals surface area contributed by atoms with Gasteiger partial charge < -0.3 is 0 Å². The average molecular weight is 163 g/mol. The standard InChI is InChI=1S/C11H17N/c1-5-7-11(4,9-12)8-6-10(2)3/h5-7H,8H2,1-4H3/b7-5-. The fourth-order valence-corrected chi connectivity index (χ4v) is 0.935. The molecule has 0 saturated carbocycles. The van der Waals surface area contributed by atoms with Crippen LogP contribution in [0.25, 0.3) is 0 Å². The maximum atomic E-state index is 8.90. The molecule has 1 atom stereocenters. The summed E-state index contributed by atoms with van der Waals surface area (Å²) >= 11 is 0. The van der Waals surface area contributed by atoms with Crippen molar-refractivity contribution in [3.05, 3.63) is 23.8 Å². The van der Waals surface area contributed by atoms with Gasteiger partial charge in [0.05, 0.1) is 11.5 Å². The Morgan fingerprint density at radius 2 is 2.08 bits per heavy atom. The number of hydrogen-bond donors (Lipinski definition) is 0. The van der Waals surface area contributed by atoms with Crippen LogP contribution >= 0.6 is 0 Å². The van der Waals surface area contributed by atoms with Gasteiger partial charge in [-0.1, -0.05) is 23.8 Å². The molecule has 0 aliphatic rings. The average Bonchev–Trinajstić information content (AvgIpc) is 2.02. The first-order valence-electron chi connectivity index (χ1n) is 4.22. The zero-order valence-electron chi connectivity index (χ0n) is 8.39. The van der Waals surface area contributed by atoms with E-state index < -0.39 is 0 Å². The van der Waals surface area contributed by atoms with Crippen molar-refractivity contribution in [1.82, 2.24) is 0 Å². The molecule has 0 bridgehead atoms. The van der Waals surface area contributed by atoms with E-state index in [1.54, 1.807) is 0 Å². The van der Waals surface area contributed by atoms with E-state index >= 15 is 0 Å². The summed E-state index contributed by atoms with van der Waals surface area (Å²) in [7, 11) is 0. The summed E-state index contributed by atoms with van der Waals surface area (Å²) in [6, 6.07) is 2.30. The highest BCUT2D eigenvalue weighted by Gasteiger charge is 2.17. The van der Waals surface area contributed by atoms with E-state index in [1.165, 1.54) is 5.57 Å². The summed E-state index contributed by atoms with van der Waals surface area (Å²) in [6.45, 7) is 7.99. The van der Waals surface area contributed by atoms with Crippen LogP contribution in [0.2, 0.25) is 0 Å². The van der Waals surface area contributed by atoms with Crippen LogP contribution in [0.5, 0.6) is 0 Å². The molecule has 0 saturated heterocycles. The molecule has 1 heteroatoms. The van der Waals surface area contributed by atoms with Gasteiger partial charge in [-0.25, -0.2) is 0 Å². The molecule has 12 heavy (non-hydrogen) atoms. The minimum atomic E-state index is -0.327. The zero-order chi connectivity index (χ0) is 9.61. The summed E-state index contributed by atoms with van der Waals surface area (Å²) in [5.41, 5.74) is 0.937. The maximum Gasteiger partial charge on any atom is 0.0759 e. The molecule has 0 rings (SSSR count). The molecule has 0 amide bonds. The molecule has 0 aliphatic carbocycles. The van der Waals surface area contributed by atoms with Crippen LogP contribution in [0, 0.1) is 16.7 Å². The third-order valence-corrected chi connectivity index (χ3v) is 1.72. The topological polar surface area (TPSA) is 23.8 Å². The largest absolute Gasteiger partial charge is 0.197 e. The summed E-state index contributed by atoms with van der Waals surface area (Å²) in [6.07, 6.45) is 6.79. The molecule has 0 aliphatic heterocycles. The molecule has 66 valence electrons. The van der Waals surface area contributed by atoms with Crippen molar-refractivity contribution < 1.29 is 0 Å². The lowest BCUT2D eigenvalue weighted by molar-refractivity contribution is 0.576. The Balaban J connectivity index is 4.38. The van der Waals surface area contributed by atoms with Crippen LogP contribution in [-0.4, -0.2) is 0 Å². The molecular weight excluding hydrogens is 146 g/mol. The number of nitriles is 1. The number of hydrogen-bond acceptors (Lipinski definition) is 1. The highest BCUT2D eigenvalue weighted by atomic mass is 14.3. The summed E-state index contributed by atoms with van der Waals surface area (Å²) < 4.78 is 0. The highest BCUT2D eigenvalue weighted by molar-refractivity contribution is 5.13. The quantitative estimate of drug-likeness (QED) is 0.584. The van der Waals surface area contributed by atoms with Crippen LogP contribution in [0.3, 0.4) is 0 Å². The van der Waals surface area contributed by atoms with Gasteiger partial charge in [-0.3, -0.25) is 0 Å². The van der Waals surface area contributed by atoms with Crippen LogP contribution in [-0.2, 0) is 0 Å². The number of rotatable bonds is 3. The predicted octanol–water partition coefficient (Wildman–Crippen LogP) is 3.45. The van der Waals surface area contributed by atoms with Gasteiger partial charge in [0, 0.05) is 0 Å². The molecular formula is C11H17N. The van der Waals surface area contributed by atoms with E-state index in [-0.39, 0.29) is 5.41 Å². The molecule has 1 unspecified atom stereocenters. The van der Waals surface area contributed by atoms with Gasteiger partial charge in [-0.2, -0.15) is 5.26 Å². The van der Waals surface area contributed by atoms with Crippen LogP contribution in [0.15, 0.2) is 23.8 Å². The Morgan fingerprint density at radius 3 is 2.42 bits per heavy atom. The number of allylic oxidation sites excluding steroid dienone is 4. The van der Waals surface area contributed by atoms with E-state index in [4.69, 9.17) is 5.26 Å². The Bertz CT molecular complexity index is 226. The van der Waals surface area contributed by atoms with Crippen molar-refractivity contribution in [2.24, 2.45) is 5.41 Å². The molecule has 1 nitrogen and oxygen atoms in total. The highest BCUT2D eigenvalue weighted by Crippen LogP contribution is 2.23. The Morgan fingerprint density at radius 1 is 1.50 bits per heavy atom. The molecule has 0 radical (unpaired) electrons. The smallest absolute Gasteiger partial charge is 0.0759 e. The fourth-order valence-electron chi connectivity index (χ4n) is 0.935. The van der Waals surface area contributed by atoms with Gasteiger partial charge in [0.1, 0.15) is 0 Å². The minimum Gasteiger partial charge on any atom is -0.197 e. The second kappa shape index (κ2) is 4.77. The van der Waals surface area contributed by atoms with Crippen LogP contribution in [0.4, 0.5) is 0 Å². The third kappa shape index (κ3) is 3.98. The summed E-state index contributed by atoms with van der Waals surface area (Å²) in [4.78, 5) is 0. The monoisotopic (exact) mass is 163 g/mol. The third-order valence-electron chi connectivity index (χ3n) is 1.72.